The fourth-order valence-electron chi connectivity index (χ4n) is 3.57. The van der Waals surface area contributed by atoms with Gasteiger partial charge in [0.05, 0.1) is 0 Å². The van der Waals surface area contributed by atoms with E-state index in [9.17, 15) is 4.79 Å². The van der Waals surface area contributed by atoms with Gasteiger partial charge in [-0.05, 0) is 56.0 Å². The predicted molar refractivity (Wildman–Crippen MR) is 123 cm³/mol. The first kappa shape index (κ1) is 21.3. The average Bonchev–Trinajstić information content (AvgIpc) is 2.70. The maximum Gasteiger partial charge on any atom is 0.292 e. The number of benzene rings is 2. The summed E-state index contributed by atoms with van der Waals surface area (Å²) in [5, 5.41) is 0.215. The van der Waals surface area contributed by atoms with Gasteiger partial charge >= 0.3 is 0 Å². The molecule has 1 aliphatic rings. The molecule has 3 nitrogen and oxygen atoms in total. The van der Waals surface area contributed by atoms with Crippen LogP contribution in [0.4, 0.5) is 4.79 Å². The van der Waals surface area contributed by atoms with Crippen LogP contribution in [0.3, 0.4) is 0 Å². The summed E-state index contributed by atoms with van der Waals surface area (Å²) < 4.78 is 0. The standard InChI is InChI=1S/C23H30N2OS2/c1-24(2)17-21-10-8-19(9-11-21)16-20-12-14-25(15-13-20)23(26)28-27-18-22-6-4-3-5-7-22/h3-11,20H,12-18H2,1-2H3. The third-order valence-corrected chi connectivity index (χ3v) is 7.22. The maximum absolute atomic E-state index is 12.4. The summed E-state index contributed by atoms with van der Waals surface area (Å²) >= 11 is 0. The molecule has 0 spiro atoms. The van der Waals surface area contributed by atoms with Gasteiger partial charge in [0.25, 0.3) is 5.24 Å². The third kappa shape index (κ3) is 6.87. The fraction of sp³-hybridized carbons (Fsp3) is 0.435. The molecule has 0 aliphatic carbocycles. The molecule has 1 fully saturated rings. The molecule has 0 atom stereocenters. The Morgan fingerprint density at radius 3 is 2.25 bits per heavy atom. The fourth-order valence-corrected chi connectivity index (χ4v) is 5.55. The highest BCUT2D eigenvalue weighted by atomic mass is 33.1. The number of piperidine rings is 1. The number of carbonyl (C=O) groups is 1. The summed E-state index contributed by atoms with van der Waals surface area (Å²) in [6, 6.07) is 19.4. The number of carbonyl (C=O) groups excluding carboxylic acids is 1. The van der Waals surface area contributed by atoms with Crippen molar-refractivity contribution in [1.82, 2.24) is 9.80 Å². The monoisotopic (exact) mass is 414 g/mol. The van der Waals surface area contributed by atoms with Gasteiger partial charge in [-0.15, -0.1) is 0 Å². The Kier molecular flexibility index (Phi) is 8.31. The summed E-state index contributed by atoms with van der Waals surface area (Å²) in [6.07, 6.45) is 3.34. The molecule has 1 amide bonds. The van der Waals surface area contributed by atoms with Crippen molar-refractivity contribution in [2.45, 2.75) is 31.6 Å². The molecule has 2 aromatic carbocycles. The van der Waals surface area contributed by atoms with Gasteiger partial charge in [-0.25, -0.2) is 0 Å². The zero-order valence-electron chi connectivity index (χ0n) is 16.8. The molecule has 1 aliphatic heterocycles. The van der Waals surface area contributed by atoms with E-state index < -0.39 is 0 Å². The Bertz CT molecular complexity index is 726. The summed E-state index contributed by atoms with van der Waals surface area (Å²) in [7, 11) is 7.23. The van der Waals surface area contributed by atoms with Crippen LogP contribution in [0.15, 0.2) is 54.6 Å². The van der Waals surface area contributed by atoms with E-state index in [1.807, 2.05) is 23.1 Å². The van der Waals surface area contributed by atoms with Gasteiger partial charge in [-0.1, -0.05) is 65.4 Å². The predicted octanol–water partition coefficient (Wildman–Crippen LogP) is 5.70. The van der Waals surface area contributed by atoms with Crippen molar-refractivity contribution >= 4 is 26.8 Å². The van der Waals surface area contributed by atoms with Crippen LogP contribution in [0.5, 0.6) is 0 Å². The van der Waals surface area contributed by atoms with Gasteiger partial charge in [0.15, 0.2) is 0 Å². The molecule has 5 heteroatoms. The van der Waals surface area contributed by atoms with Crippen molar-refractivity contribution in [3.05, 3.63) is 71.3 Å². The van der Waals surface area contributed by atoms with E-state index in [1.54, 1.807) is 10.8 Å². The Hall–Kier alpha value is -1.43. The van der Waals surface area contributed by atoms with E-state index in [0.29, 0.717) is 5.92 Å². The average molecular weight is 415 g/mol. The second kappa shape index (κ2) is 10.9. The normalized spacial score (nSPS) is 15.2. The van der Waals surface area contributed by atoms with Crippen LogP contribution in [-0.2, 0) is 18.7 Å². The molecule has 2 aromatic rings. The van der Waals surface area contributed by atoms with E-state index >= 15 is 0 Å². The molecule has 0 N–H and O–H groups in total. The lowest BCUT2D eigenvalue weighted by Crippen LogP contribution is -2.36. The number of rotatable bonds is 7. The molecule has 0 radical (unpaired) electrons. The number of amides is 1. The molecule has 150 valence electrons. The second-order valence-corrected chi connectivity index (χ2v) is 10.0. The molecular weight excluding hydrogens is 384 g/mol. The molecular formula is C23H30N2OS2. The summed E-state index contributed by atoms with van der Waals surface area (Å²) in [6.45, 7) is 2.77. The number of likely N-dealkylation sites (tertiary alicyclic amines) is 1. The van der Waals surface area contributed by atoms with Crippen molar-refractivity contribution < 1.29 is 4.79 Å². The van der Waals surface area contributed by atoms with E-state index in [0.717, 1.165) is 44.6 Å². The van der Waals surface area contributed by atoms with Crippen LogP contribution in [-0.4, -0.2) is 42.2 Å². The molecule has 0 aromatic heterocycles. The largest absolute Gasteiger partial charge is 0.333 e. The summed E-state index contributed by atoms with van der Waals surface area (Å²) in [5.41, 5.74) is 4.04. The van der Waals surface area contributed by atoms with E-state index in [4.69, 9.17) is 0 Å². The highest BCUT2D eigenvalue weighted by Crippen LogP contribution is 2.31. The molecule has 28 heavy (non-hydrogen) atoms. The van der Waals surface area contributed by atoms with Gasteiger partial charge in [0, 0.05) is 36.2 Å². The SMILES string of the molecule is CN(C)Cc1ccc(CC2CCN(C(=O)SSCc3ccccc3)CC2)cc1. The maximum atomic E-state index is 12.4. The highest BCUT2D eigenvalue weighted by Gasteiger charge is 2.23. The molecule has 3 rings (SSSR count). The van der Waals surface area contributed by atoms with E-state index in [-0.39, 0.29) is 5.24 Å². The van der Waals surface area contributed by atoms with Crippen LogP contribution >= 0.6 is 21.6 Å². The van der Waals surface area contributed by atoms with Crippen LogP contribution < -0.4 is 0 Å². The minimum Gasteiger partial charge on any atom is -0.333 e. The van der Waals surface area contributed by atoms with Gasteiger partial charge in [0.1, 0.15) is 0 Å². The van der Waals surface area contributed by atoms with Crippen molar-refractivity contribution in [1.29, 1.82) is 0 Å². The summed E-state index contributed by atoms with van der Waals surface area (Å²) in [4.78, 5) is 16.7. The topological polar surface area (TPSA) is 23.6 Å². The van der Waals surface area contributed by atoms with Gasteiger partial charge in [0.2, 0.25) is 0 Å². The van der Waals surface area contributed by atoms with Crippen LogP contribution in [0.25, 0.3) is 0 Å². The zero-order valence-corrected chi connectivity index (χ0v) is 18.5. The van der Waals surface area contributed by atoms with Crippen molar-refractivity contribution in [3.8, 4) is 0 Å². The minimum absolute atomic E-state index is 0.215. The first-order valence-electron chi connectivity index (χ1n) is 9.95. The summed E-state index contributed by atoms with van der Waals surface area (Å²) in [5.74, 6) is 1.56. The van der Waals surface area contributed by atoms with Crippen LogP contribution in [0, 0.1) is 5.92 Å². The van der Waals surface area contributed by atoms with Crippen molar-refractivity contribution in [2.75, 3.05) is 27.2 Å². The third-order valence-electron chi connectivity index (χ3n) is 5.12. The number of nitrogens with zero attached hydrogens (tertiary/aromatic N) is 2. The lowest BCUT2D eigenvalue weighted by molar-refractivity contribution is 0.193. The molecule has 1 heterocycles. The Morgan fingerprint density at radius 1 is 0.964 bits per heavy atom. The van der Waals surface area contributed by atoms with Crippen molar-refractivity contribution in [3.63, 3.8) is 0 Å². The quantitative estimate of drug-likeness (QED) is 0.542. The van der Waals surface area contributed by atoms with Gasteiger partial charge < -0.3 is 9.80 Å². The Labute approximate surface area is 177 Å². The van der Waals surface area contributed by atoms with Crippen LogP contribution in [0.1, 0.15) is 29.5 Å². The van der Waals surface area contributed by atoms with Gasteiger partial charge in [-0.2, -0.15) is 0 Å². The molecule has 0 saturated carbocycles. The Morgan fingerprint density at radius 2 is 1.61 bits per heavy atom. The molecule has 0 bridgehead atoms. The Balaban J connectivity index is 1.37. The van der Waals surface area contributed by atoms with Gasteiger partial charge in [-0.3, -0.25) is 4.79 Å². The molecule has 1 saturated heterocycles. The second-order valence-electron chi connectivity index (χ2n) is 7.79. The smallest absolute Gasteiger partial charge is 0.292 e. The van der Waals surface area contributed by atoms with E-state index in [1.165, 1.54) is 27.5 Å². The van der Waals surface area contributed by atoms with Crippen LogP contribution in [0.2, 0.25) is 0 Å². The lowest BCUT2D eigenvalue weighted by atomic mass is 9.90. The molecule has 0 unspecified atom stereocenters. The van der Waals surface area contributed by atoms with Crippen molar-refractivity contribution in [2.24, 2.45) is 5.92 Å². The van der Waals surface area contributed by atoms with E-state index in [2.05, 4.69) is 55.4 Å². The first-order chi connectivity index (χ1) is 13.6. The minimum atomic E-state index is 0.215. The lowest BCUT2D eigenvalue weighted by Gasteiger charge is -2.31. The number of hydrogen-bond acceptors (Lipinski definition) is 4. The number of hydrogen-bond donors (Lipinski definition) is 0. The first-order valence-corrected chi connectivity index (χ1v) is 12.3. The highest BCUT2D eigenvalue weighted by molar-refractivity contribution is 8.81. The zero-order chi connectivity index (χ0) is 19.8.